The first-order chi connectivity index (χ1) is 11.6. The van der Waals surface area contributed by atoms with Crippen LogP contribution in [0.25, 0.3) is 0 Å². The Hall–Kier alpha value is -1.83. The van der Waals surface area contributed by atoms with Crippen molar-refractivity contribution in [1.82, 2.24) is 10.2 Å². The number of hydrogen-bond acceptors (Lipinski definition) is 3. The molecule has 1 fully saturated rings. The molecule has 1 saturated heterocycles. The maximum absolute atomic E-state index is 12.5. The first-order valence-corrected chi connectivity index (χ1v) is 8.76. The Labute approximate surface area is 145 Å². The number of benzene rings is 1. The van der Waals surface area contributed by atoms with Crippen molar-refractivity contribution in [3.63, 3.8) is 0 Å². The molecule has 2 atom stereocenters. The predicted octanol–water partition coefficient (Wildman–Crippen LogP) is 2.00. The van der Waals surface area contributed by atoms with Crippen molar-refractivity contribution in [2.45, 2.75) is 38.2 Å². The monoisotopic (exact) mass is 328 g/mol. The summed E-state index contributed by atoms with van der Waals surface area (Å²) in [4.78, 5) is 14.7. The van der Waals surface area contributed by atoms with E-state index < -0.39 is 0 Å². The van der Waals surface area contributed by atoms with Crippen LogP contribution in [-0.2, 0) is 4.79 Å². The summed E-state index contributed by atoms with van der Waals surface area (Å²) in [7, 11) is 0. The first-order valence-electron chi connectivity index (χ1n) is 8.76. The van der Waals surface area contributed by atoms with E-state index in [0.717, 1.165) is 31.5 Å². The standard InChI is InChI=1S/C20H28N2O2/c1-3-11-22-12-9-18(10-13-22)20(24)21-15-19(14-16(2)23)17-7-5-4-6-8-17/h1,4-8,16,18-19,23H,9-15H2,2H3,(H,21,24). The highest BCUT2D eigenvalue weighted by Gasteiger charge is 2.25. The summed E-state index contributed by atoms with van der Waals surface area (Å²) >= 11 is 0. The van der Waals surface area contributed by atoms with Gasteiger partial charge < -0.3 is 10.4 Å². The maximum Gasteiger partial charge on any atom is 0.223 e. The zero-order valence-corrected chi connectivity index (χ0v) is 14.4. The van der Waals surface area contributed by atoms with Gasteiger partial charge >= 0.3 is 0 Å². The lowest BCUT2D eigenvalue weighted by Gasteiger charge is -2.30. The van der Waals surface area contributed by atoms with E-state index in [0.29, 0.717) is 19.5 Å². The molecule has 24 heavy (non-hydrogen) atoms. The van der Waals surface area contributed by atoms with Crippen LogP contribution < -0.4 is 5.32 Å². The summed E-state index contributed by atoms with van der Waals surface area (Å²) in [6.07, 6.45) is 7.31. The molecule has 0 spiro atoms. The second-order valence-electron chi connectivity index (χ2n) is 6.69. The number of carbonyl (C=O) groups excluding carboxylic acids is 1. The SMILES string of the molecule is C#CCN1CCC(C(=O)NCC(CC(C)O)c2ccccc2)CC1. The zero-order chi connectivity index (χ0) is 17.4. The highest BCUT2D eigenvalue weighted by atomic mass is 16.3. The van der Waals surface area contributed by atoms with Gasteiger partial charge in [0.2, 0.25) is 5.91 Å². The van der Waals surface area contributed by atoms with Gasteiger partial charge in [-0.25, -0.2) is 0 Å². The Morgan fingerprint density at radius 3 is 2.62 bits per heavy atom. The molecule has 1 heterocycles. The van der Waals surface area contributed by atoms with Crippen LogP contribution in [0.1, 0.15) is 37.7 Å². The molecule has 0 aromatic heterocycles. The van der Waals surface area contributed by atoms with Crippen molar-refractivity contribution in [2.24, 2.45) is 5.92 Å². The molecule has 0 bridgehead atoms. The van der Waals surface area contributed by atoms with Crippen molar-refractivity contribution >= 4 is 5.91 Å². The molecule has 0 aliphatic carbocycles. The molecular weight excluding hydrogens is 300 g/mol. The quantitative estimate of drug-likeness (QED) is 0.753. The normalized spacial score (nSPS) is 18.5. The lowest BCUT2D eigenvalue weighted by molar-refractivity contribution is -0.126. The number of nitrogens with one attached hydrogen (secondary N) is 1. The summed E-state index contributed by atoms with van der Waals surface area (Å²) < 4.78 is 0. The van der Waals surface area contributed by atoms with E-state index in [-0.39, 0.29) is 23.8 Å². The Morgan fingerprint density at radius 1 is 1.38 bits per heavy atom. The smallest absolute Gasteiger partial charge is 0.223 e. The van der Waals surface area contributed by atoms with Gasteiger partial charge in [-0.1, -0.05) is 36.3 Å². The van der Waals surface area contributed by atoms with Gasteiger partial charge in [0.15, 0.2) is 0 Å². The lowest BCUT2D eigenvalue weighted by atomic mass is 9.92. The molecule has 4 nitrogen and oxygen atoms in total. The number of carbonyl (C=O) groups is 1. The number of terminal acetylenes is 1. The van der Waals surface area contributed by atoms with Gasteiger partial charge in [0, 0.05) is 18.4 Å². The van der Waals surface area contributed by atoms with E-state index >= 15 is 0 Å². The van der Waals surface area contributed by atoms with Crippen molar-refractivity contribution in [3.8, 4) is 12.3 Å². The second kappa shape index (κ2) is 9.46. The Kier molecular flexibility index (Phi) is 7.30. The van der Waals surface area contributed by atoms with Crippen LogP contribution in [0.4, 0.5) is 0 Å². The number of piperidine rings is 1. The third-order valence-electron chi connectivity index (χ3n) is 4.69. The fraction of sp³-hybridized carbons (Fsp3) is 0.550. The molecule has 1 aliphatic heterocycles. The molecule has 2 unspecified atom stereocenters. The highest BCUT2D eigenvalue weighted by Crippen LogP contribution is 2.22. The topological polar surface area (TPSA) is 52.6 Å². The van der Waals surface area contributed by atoms with Gasteiger partial charge in [-0.05, 0) is 44.8 Å². The van der Waals surface area contributed by atoms with E-state index in [1.807, 2.05) is 18.2 Å². The summed E-state index contributed by atoms with van der Waals surface area (Å²) in [6, 6.07) is 10.1. The summed E-state index contributed by atoms with van der Waals surface area (Å²) in [5.74, 6) is 2.99. The van der Waals surface area contributed by atoms with Gasteiger partial charge in [-0.3, -0.25) is 9.69 Å². The number of aliphatic hydroxyl groups is 1. The molecule has 1 aromatic carbocycles. The van der Waals surface area contributed by atoms with Crippen molar-refractivity contribution in [3.05, 3.63) is 35.9 Å². The number of aliphatic hydroxyl groups excluding tert-OH is 1. The molecule has 1 aromatic rings. The van der Waals surface area contributed by atoms with E-state index in [1.54, 1.807) is 6.92 Å². The number of likely N-dealkylation sites (tertiary alicyclic amines) is 1. The van der Waals surface area contributed by atoms with Gasteiger partial charge in [0.1, 0.15) is 0 Å². The van der Waals surface area contributed by atoms with Crippen LogP contribution in [0.15, 0.2) is 30.3 Å². The Morgan fingerprint density at radius 2 is 2.04 bits per heavy atom. The molecule has 1 aliphatic rings. The van der Waals surface area contributed by atoms with Crippen molar-refractivity contribution < 1.29 is 9.90 Å². The Balaban J connectivity index is 1.85. The van der Waals surface area contributed by atoms with Gasteiger partial charge in [0.05, 0.1) is 12.6 Å². The predicted molar refractivity (Wildman–Crippen MR) is 96.5 cm³/mol. The molecule has 4 heteroatoms. The second-order valence-corrected chi connectivity index (χ2v) is 6.69. The lowest BCUT2D eigenvalue weighted by Crippen LogP contribution is -2.41. The minimum atomic E-state index is -0.390. The van der Waals surface area contributed by atoms with Gasteiger partial charge in [-0.15, -0.1) is 6.42 Å². The average molecular weight is 328 g/mol. The highest BCUT2D eigenvalue weighted by molar-refractivity contribution is 5.78. The van der Waals surface area contributed by atoms with Crippen molar-refractivity contribution in [2.75, 3.05) is 26.2 Å². The third kappa shape index (κ3) is 5.67. The number of amides is 1. The van der Waals surface area contributed by atoms with E-state index in [4.69, 9.17) is 6.42 Å². The van der Waals surface area contributed by atoms with Gasteiger partial charge in [0.25, 0.3) is 0 Å². The fourth-order valence-electron chi connectivity index (χ4n) is 3.32. The first kappa shape index (κ1) is 18.5. The van der Waals surface area contributed by atoms with Crippen LogP contribution in [0.3, 0.4) is 0 Å². The number of rotatable bonds is 7. The summed E-state index contributed by atoms with van der Waals surface area (Å²) in [5, 5.41) is 12.8. The molecule has 0 saturated carbocycles. The van der Waals surface area contributed by atoms with E-state index in [2.05, 4.69) is 28.3 Å². The van der Waals surface area contributed by atoms with Crippen molar-refractivity contribution in [1.29, 1.82) is 0 Å². The van der Waals surface area contributed by atoms with Crippen LogP contribution in [0.5, 0.6) is 0 Å². The molecular formula is C20H28N2O2. The minimum absolute atomic E-state index is 0.0713. The fourth-order valence-corrected chi connectivity index (χ4v) is 3.32. The number of nitrogens with zero attached hydrogens (tertiary/aromatic N) is 1. The molecule has 130 valence electrons. The average Bonchev–Trinajstić information content (AvgIpc) is 2.60. The van der Waals surface area contributed by atoms with Crippen LogP contribution in [0, 0.1) is 18.3 Å². The zero-order valence-electron chi connectivity index (χ0n) is 14.4. The largest absolute Gasteiger partial charge is 0.393 e. The minimum Gasteiger partial charge on any atom is -0.393 e. The maximum atomic E-state index is 12.5. The van der Waals surface area contributed by atoms with E-state index in [9.17, 15) is 9.90 Å². The van der Waals surface area contributed by atoms with Crippen LogP contribution in [0.2, 0.25) is 0 Å². The molecule has 2 rings (SSSR count). The van der Waals surface area contributed by atoms with Crippen LogP contribution >= 0.6 is 0 Å². The third-order valence-corrected chi connectivity index (χ3v) is 4.69. The molecule has 1 amide bonds. The summed E-state index contributed by atoms with van der Waals surface area (Å²) in [6.45, 7) is 4.80. The van der Waals surface area contributed by atoms with Crippen LogP contribution in [-0.4, -0.2) is 48.2 Å². The Bertz CT molecular complexity index is 543. The summed E-state index contributed by atoms with van der Waals surface area (Å²) in [5.41, 5.74) is 1.16. The molecule has 0 radical (unpaired) electrons. The van der Waals surface area contributed by atoms with Gasteiger partial charge in [-0.2, -0.15) is 0 Å². The number of hydrogen-bond donors (Lipinski definition) is 2. The molecule has 2 N–H and O–H groups in total. The van der Waals surface area contributed by atoms with E-state index in [1.165, 1.54) is 0 Å².